The van der Waals surface area contributed by atoms with Gasteiger partial charge in [-0.05, 0) is 24.3 Å². The van der Waals surface area contributed by atoms with E-state index in [0.29, 0.717) is 5.52 Å². The highest BCUT2D eigenvalue weighted by molar-refractivity contribution is 5.96. The van der Waals surface area contributed by atoms with Crippen molar-refractivity contribution in [3.8, 4) is 0 Å². The molecule has 0 amide bonds. The number of carbonyl (C=O) groups is 1. The zero-order chi connectivity index (χ0) is 15.0. The fourth-order valence-electron chi connectivity index (χ4n) is 2.04. The van der Waals surface area contributed by atoms with Gasteiger partial charge in [-0.3, -0.25) is 9.59 Å². The summed E-state index contributed by atoms with van der Waals surface area (Å²) in [5, 5.41) is 3.89. The first-order valence-electron chi connectivity index (χ1n) is 6.07. The molecule has 0 aliphatic rings. The maximum absolute atomic E-state index is 13.5. The van der Waals surface area contributed by atoms with E-state index in [-0.39, 0.29) is 12.1 Å². The highest BCUT2D eigenvalue weighted by atomic mass is 19.1. The minimum absolute atomic E-state index is 0.296. The molecule has 2 heterocycles. The average molecular weight is 289 g/mol. The van der Waals surface area contributed by atoms with Crippen LogP contribution in [0.15, 0.2) is 47.7 Å². The van der Waals surface area contributed by atoms with Crippen LogP contribution in [0.4, 0.5) is 8.78 Å². The maximum atomic E-state index is 13.5. The van der Waals surface area contributed by atoms with Crippen molar-refractivity contribution in [1.29, 1.82) is 0 Å². The molecule has 0 fully saturated rings. The summed E-state index contributed by atoms with van der Waals surface area (Å²) in [6, 6.07) is 4.13. The van der Waals surface area contributed by atoms with Crippen LogP contribution in [0, 0.1) is 11.6 Å². The Labute approximate surface area is 117 Å². The van der Waals surface area contributed by atoms with Crippen LogP contribution in [0.1, 0.15) is 10.4 Å². The number of halogens is 2. The van der Waals surface area contributed by atoms with Gasteiger partial charge in [0.15, 0.2) is 5.78 Å². The number of aromatic nitrogens is 3. The Hall–Kier alpha value is -2.83. The van der Waals surface area contributed by atoms with Crippen molar-refractivity contribution in [2.75, 3.05) is 0 Å². The lowest BCUT2D eigenvalue weighted by Gasteiger charge is -2.06. The SMILES string of the molecule is O=C(Cn1ccn2nccc2c1=O)c1cc(F)ccc1F. The molecule has 0 atom stereocenters. The molecule has 0 radical (unpaired) electrons. The van der Waals surface area contributed by atoms with Crippen LogP contribution < -0.4 is 5.56 Å². The third-order valence-electron chi connectivity index (χ3n) is 3.08. The molecule has 0 spiro atoms. The maximum Gasteiger partial charge on any atom is 0.276 e. The van der Waals surface area contributed by atoms with E-state index in [4.69, 9.17) is 0 Å². The van der Waals surface area contributed by atoms with E-state index in [1.165, 1.54) is 29.2 Å². The van der Waals surface area contributed by atoms with Gasteiger partial charge in [0.1, 0.15) is 17.2 Å². The summed E-state index contributed by atoms with van der Waals surface area (Å²) in [7, 11) is 0. The molecule has 2 aromatic heterocycles. The standard InChI is InChI=1S/C14H9F2N3O2/c15-9-1-2-11(16)10(7-9)13(20)8-18-5-6-19-12(14(18)21)3-4-17-19/h1-7H,8H2. The van der Waals surface area contributed by atoms with E-state index in [1.807, 2.05) is 0 Å². The lowest BCUT2D eigenvalue weighted by Crippen LogP contribution is -2.25. The topological polar surface area (TPSA) is 56.4 Å². The van der Waals surface area contributed by atoms with Crippen LogP contribution in [0.2, 0.25) is 0 Å². The summed E-state index contributed by atoms with van der Waals surface area (Å²) in [5.41, 5.74) is -0.513. The zero-order valence-corrected chi connectivity index (χ0v) is 10.7. The van der Waals surface area contributed by atoms with E-state index in [0.717, 1.165) is 22.8 Å². The number of fused-ring (bicyclic) bond motifs is 1. The van der Waals surface area contributed by atoms with E-state index >= 15 is 0 Å². The van der Waals surface area contributed by atoms with Crippen molar-refractivity contribution in [2.24, 2.45) is 0 Å². The molecule has 0 aliphatic carbocycles. The summed E-state index contributed by atoms with van der Waals surface area (Å²) in [4.78, 5) is 24.1. The fraction of sp³-hybridized carbons (Fsp3) is 0.0714. The Kier molecular flexibility index (Phi) is 3.09. The second-order valence-corrected chi connectivity index (χ2v) is 4.44. The third-order valence-corrected chi connectivity index (χ3v) is 3.08. The summed E-state index contributed by atoms with van der Waals surface area (Å²) in [6.45, 7) is -0.374. The van der Waals surface area contributed by atoms with E-state index < -0.39 is 23.0 Å². The molecule has 0 bridgehead atoms. The van der Waals surface area contributed by atoms with Gasteiger partial charge in [0, 0.05) is 12.4 Å². The molecule has 3 aromatic rings. The van der Waals surface area contributed by atoms with Crippen LogP contribution in [0.25, 0.3) is 5.52 Å². The minimum Gasteiger partial charge on any atom is -0.304 e. The number of rotatable bonds is 3. The Morgan fingerprint density at radius 2 is 2.00 bits per heavy atom. The van der Waals surface area contributed by atoms with Crippen LogP contribution in [-0.2, 0) is 6.54 Å². The van der Waals surface area contributed by atoms with Gasteiger partial charge in [-0.1, -0.05) is 0 Å². The number of hydrogen-bond donors (Lipinski definition) is 0. The van der Waals surface area contributed by atoms with Crippen LogP contribution in [0.5, 0.6) is 0 Å². The van der Waals surface area contributed by atoms with Crippen LogP contribution in [0.3, 0.4) is 0 Å². The predicted octanol–water partition coefficient (Wildman–Crippen LogP) is 1.66. The average Bonchev–Trinajstić information content (AvgIpc) is 2.93. The summed E-state index contributed by atoms with van der Waals surface area (Å²) in [5.74, 6) is -2.21. The van der Waals surface area contributed by atoms with E-state index in [1.54, 1.807) is 0 Å². The van der Waals surface area contributed by atoms with Gasteiger partial charge in [-0.15, -0.1) is 0 Å². The van der Waals surface area contributed by atoms with Gasteiger partial charge < -0.3 is 4.57 Å². The smallest absolute Gasteiger partial charge is 0.276 e. The predicted molar refractivity (Wildman–Crippen MR) is 70.1 cm³/mol. The number of Topliss-reactive ketones (excluding diaryl/α,β-unsaturated/α-hetero) is 1. The van der Waals surface area contributed by atoms with Gasteiger partial charge in [0.2, 0.25) is 0 Å². The molecule has 3 rings (SSSR count). The number of hydrogen-bond acceptors (Lipinski definition) is 3. The first-order valence-corrected chi connectivity index (χ1v) is 6.07. The van der Waals surface area contributed by atoms with Gasteiger partial charge in [-0.2, -0.15) is 5.10 Å². The van der Waals surface area contributed by atoms with Crippen molar-refractivity contribution in [1.82, 2.24) is 14.2 Å². The summed E-state index contributed by atoms with van der Waals surface area (Å²) in [6.07, 6.45) is 4.33. The quantitative estimate of drug-likeness (QED) is 0.689. The lowest BCUT2D eigenvalue weighted by atomic mass is 10.1. The molecule has 106 valence electrons. The summed E-state index contributed by atoms with van der Waals surface area (Å²) >= 11 is 0. The molecule has 5 nitrogen and oxygen atoms in total. The molecule has 21 heavy (non-hydrogen) atoms. The number of ketones is 1. The summed E-state index contributed by atoms with van der Waals surface area (Å²) < 4.78 is 29.1. The first kappa shape index (κ1) is 13.2. The number of carbonyl (C=O) groups excluding carboxylic acids is 1. The number of benzene rings is 1. The minimum atomic E-state index is -0.820. The molecule has 0 saturated heterocycles. The molecule has 0 saturated carbocycles. The molecule has 7 heteroatoms. The van der Waals surface area contributed by atoms with Crippen molar-refractivity contribution in [3.63, 3.8) is 0 Å². The van der Waals surface area contributed by atoms with Crippen LogP contribution in [-0.4, -0.2) is 20.0 Å². The molecular weight excluding hydrogens is 280 g/mol. The first-order chi connectivity index (χ1) is 10.1. The van der Waals surface area contributed by atoms with E-state index in [2.05, 4.69) is 5.10 Å². The van der Waals surface area contributed by atoms with Gasteiger partial charge >= 0.3 is 0 Å². The van der Waals surface area contributed by atoms with Crippen molar-refractivity contribution in [3.05, 3.63) is 70.4 Å². The largest absolute Gasteiger partial charge is 0.304 e. The molecule has 0 aliphatic heterocycles. The van der Waals surface area contributed by atoms with Crippen molar-refractivity contribution >= 4 is 11.3 Å². The lowest BCUT2D eigenvalue weighted by molar-refractivity contribution is 0.0966. The van der Waals surface area contributed by atoms with Gasteiger partial charge in [-0.25, -0.2) is 13.3 Å². The van der Waals surface area contributed by atoms with Crippen LogP contribution >= 0.6 is 0 Å². The van der Waals surface area contributed by atoms with E-state index in [9.17, 15) is 18.4 Å². The number of nitrogens with zero attached hydrogens (tertiary/aromatic N) is 3. The van der Waals surface area contributed by atoms with Gasteiger partial charge in [0.05, 0.1) is 18.3 Å². The molecule has 1 aromatic carbocycles. The Bertz CT molecular complexity index is 899. The van der Waals surface area contributed by atoms with Crippen molar-refractivity contribution < 1.29 is 13.6 Å². The third kappa shape index (κ3) is 2.33. The highest BCUT2D eigenvalue weighted by Gasteiger charge is 2.14. The molecule has 0 unspecified atom stereocenters. The Morgan fingerprint density at radius 3 is 2.81 bits per heavy atom. The molecular formula is C14H9F2N3O2. The normalized spacial score (nSPS) is 11.0. The fourth-order valence-corrected chi connectivity index (χ4v) is 2.04. The second-order valence-electron chi connectivity index (χ2n) is 4.44. The Morgan fingerprint density at radius 1 is 1.19 bits per heavy atom. The highest BCUT2D eigenvalue weighted by Crippen LogP contribution is 2.11. The van der Waals surface area contributed by atoms with Gasteiger partial charge in [0.25, 0.3) is 5.56 Å². The molecule has 0 N–H and O–H groups in total. The zero-order valence-electron chi connectivity index (χ0n) is 10.7. The second kappa shape index (κ2) is 4.93. The monoisotopic (exact) mass is 289 g/mol. The van der Waals surface area contributed by atoms with Crippen molar-refractivity contribution in [2.45, 2.75) is 6.54 Å². The Balaban J connectivity index is 1.98.